The van der Waals surface area contributed by atoms with Gasteiger partial charge in [-0.3, -0.25) is 4.90 Å². The third-order valence-corrected chi connectivity index (χ3v) is 5.13. The highest BCUT2D eigenvalue weighted by Crippen LogP contribution is 2.28. The van der Waals surface area contributed by atoms with Gasteiger partial charge in [0.2, 0.25) is 5.88 Å². The fourth-order valence-electron chi connectivity index (χ4n) is 3.60. The Hall–Kier alpha value is -2.94. The average Bonchev–Trinajstić information content (AvgIpc) is 3.37. The average molecular weight is 393 g/mol. The van der Waals surface area contributed by atoms with Crippen LogP contribution in [0.2, 0.25) is 0 Å². The van der Waals surface area contributed by atoms with Crippen molar-refractivity contribution in [3.05, 3.63) is 48.7 Å². The number of hydrogen-bond donors (Lipinski definition) is 1. The van der Waals surface area contributed by atoms with Crippen molar-refractivity contribution in [2.45, 2.75) is 6.10 Å². The van der Waals surface area contributed by atoms with Crippen molar-refractivity contribution in [3.63, 3.8) is 0 Å². The molecule has 4 aromatic rings. The number of nitrogens with two attached hydrogens (primary N) is 1. The van der Waals surface area contributed by atoms with E-state index >= 15 is 0 Å². The van der Waals surface area contributed by atoms with Crippen molar-refractivity contribution in [1.82, 2.24) is 19.5 Å². The van der Waals surface area contributed by atoms with Crippen molar-refractivity contribution in [2.75, 3.05) is 39.4 Å². The molecule has 8 nitrogen and oxygen atoms in total. The summed E-state index contributed by atoms with van der Waals surface area (Å²) in [5.74, 6) is 1.23. The lowest BCUT2D eigenvalue weighted by molar-refractivity contribution is 0.0197. The fourth-order valence-corrected chi connectivity index (χ4v) is 3.60. The molecule has 1 aliphatic heterocycles. The molecule has 0 amide bonds. The Morgan fingerprint density at radius 1 is 1.14 bits per heavy atom. The van der Waals surface area contributed by atoms with Gasteiger partial charge in [0.15, 0.2) is 11.4 Å². The topological polar surface area (TPSA) is 91.0 Å². The van der Waals surface area contributed by atoms with E-state index in [9.17, 15) is 0 Å². The molecule has 0 aliphatic carbocycles. The summed E-state index contributed by atoms with van der Waals surface area (Å²) in [4.78, 5) is 6.74. The number of ether oxygens (including phenoxy) is 2. The summed E-state index contributed by atoms with van der Waals surface area (Å²) in [6, 6.07) is 13.6. The first-order valence-electron chi connectivity index (χ1n) is 9.81. The first-order chi connectivity index (χ1) is 14.3. The first-order valence-corrected chi connectivity index (χ1v) is 9.81. The number of benzene rings is 1. The Morgan fingerprint density at radius 3 is 2.83 bits per heavy atom. The molecule has 2 N–H and O–H groups in total. The van der Waals surface area contributed by atoms with Gasteiger partial charge in [0, 0.05) is 37.6 Å². The molecule has 3 aromatic heterocycles. The van der Waals surface area contributed by atoms with E-state index in [-0.39, 0.29) is 6.10 Å². The lowest BCUT2D eigenvalue weighted by Crippen LogP contribution is -2.45. The van der Waals surface area contributed by atoms with E-state index in [1.807, 2.05) is 42.5 Å². The Balaban J connectivity index is 1.41. The van der Waals surface area contributed by atoms with Gasteiger partial charge in [-0.05, 0) is 18.2 Å². The summed E-state index contributed by atoms with van der Waals surface area (Å²) < 4.78 is 19.2. The Morgan fingerprint density at radius 2 is 2.00 bits per heavy atom. The van der Waals surface area contributed by atoms with E-state index < -0.39 is 0 Å². The predicted molar refractivity (Wildman–Crippen MR) is 109 cm³/mol. The molecule has 1 aliphatic rings. The zero-order valence-corrected chi connectivity index (χ0v) is 16.0. The minimum Gasteiger partial charge on any atom is -0.471 e. The number of furan rings is 1. The second-order valence-electron chi connectivity index (χ2n) is 7.12. The van der Waals surface area contributed by atoms with E-state index in [1.54, 1.807) is 10.7 Å². The molecule has 1 saturated heterocycles. The van der Waals surface area contributed by atoms with E-state index in [0.717, 1.165) is 55.2 Å². The number of para-hydroxylation sites is 1. The summed E-state index contributed by atoms with van der Waals surface area (Å²) in [6.45, 7) is 4.44. The van der Waals surface area contributed by atoms with E-state index in [0.29, 0.717) is 18.2 Å². The van der Waals surface area contributed by atoms with Crippen molar-refractivity contribution in [1.29, 1.82) is 0 Å². The van der Waals surface area contributed by atoms with Gasteiger partial charge in [0.1, 0.15) is 17.4 Å². The maximum absolute atomic E-state index is 6.10. The van der Waals surface area contributed by atoms with E-state index in [2.05, 4.69) is 15.0 Å². The predicted octanol–water partition coefficient (Wildman–Crippen LogP) is 2.18. The first kappa shape index (κ1) is 18.1. The van der Waals surface area contributed by atoms with Crippen LogP contribution in [0.1, 0.15) is 0 Å². The van der Waals surface area contributed by atoms with Gasteiger partial charge in [0.05, 0.1) is 19.4 Å². The number of aromatic nitrogens is 3. The van der Waals surface area contributed by atoms with Gasteiger partial charge in [0.25, 0.3) is 0 Å². The lowest BCUT2D eigenvalue weighted by Gasteiger charge is -2.29. The number of nitrogens with zero attached hydrogens (tertiary/aromatic N) is 4. The van der Waals surface area contributed by atoms with Gasteiger partial charge in [-0.2, -0.15) is 0 Å². The smallest absolute Gasteiger partial charge is 0.232 e. The third kappa shape index (κ3) is 3.69. The molecule has 4 heterocycles. The van der Waals surface area contributed by atoms with Crippen LogP contribution in [-0.4, -0.2) is 65.0 Å². The fraction of sp³-hybridized carbons (Fsp3) is 0.333. The van der Waals surface area contributed by atoms with Crippen LogP contribution in [-0.2, 0) is 4.74 Å². The van der Waals surface area contributed by atoms with Crippen LogP contribution in [0.25, 0.3) is 28.1 Å². The van der Waals surface area contributed by atoms with Crippen LogP contribution in [0, 0.1) is 0 Å². The van der Waals surface area contributed by atoms with Gasteiger partial charge >= 0.3 is 0 Å². The van der Waals surface area contributed by atoms with Crippen molar-refractivity contribution in [3.8, 4) is 17.3 Å². The number of rotatable bonds is 6. The Bertz CT molecular complexity index is 1080. The quantitative estimate of drug-likeness (QED) is 0.537. The van der Waals surface area contributed by atoms with Gasteiger partial charge in [-0.15, -0.1) is 5.10 Å². The standard InChI is InChI=1S/C21H23N5O3/c22-12-16(14-25-7-9-27-10-8-25)28-21-6-5-20-23-13-17(26(20)24-21)19-11-15-3-1-2-4-18(15)29-19/h1-6,11,13,16H,7-10,12,14,22H2. The number of fused-ring (bicyclic) bond motifs is 2. The Labute approximate surface area is 167 Å². The highest BCUT2D eigenvalue weighted by atomic mass is 16.5. The lowest BCUT2D eigenvalue weighted by atomic mass is 10.2. The van der Waals surface area contributed by atoms with Gasteiger partial charge in [-0.25, -0.2) is 9.50 Å². The summed E-state index contributed by atoms with van der Waals surface area (Å²) in [7, 11) is 0. The van der Waals surface area contributed by atoms with Crippen molar-refractivity contribution >= 4 is 16.6 Å². The molecule has 1 atom stereocenters. The molecule has 29 heavy (non-hydrogen) atoms. The molecular weight excluding hydrogens is 370 g/mol. The van der Waals surface area contributed by atoms with E-state index in [1.165, 1.54) is 0 Å². The zero-order chi connectivity index (χ0) is 19.6. The monoisotopic (exact) mass is 393 g/mol. The SMILES string of the molecule is NCC(CN1CCOCC1)Oc1ccc2ncc(-c3cc4ccccc4o3)n2n1. The van der Waals surface area contributed by atoms with Gasteiger partial charge in [-0.1, -0.05) is 18.2 Å². The molecule has 150 valence electrons. The molecule has 1 aromatic carbocycles. The molecule has 5 rings (SSSR count). The largest absolute Gasteiger partial charge is 0.471 e. The van der Waals surface area contributed by atoms with Crippen LogP contribution in [0.3, 0.4) is 0 Å². The minimum atomic E-state index is -0.142. The maximum atomic E-state index is 6.10. The molecule has 0 saturated carbocycles. The number of morpholine rings is 1. The summed E-state index contributed by atoms with van der Waals surface area (Å²) in [5, 5.41) is 5.68. The van der Waals surface area contributed by atoms with Crippen molar-refractivity contribution < 1.29 is 13.9 Å². The molecule has 0 radical (unpaired) electrons. The highest BCUT2D eigenvalue weighted by molar-refractivity contribution is 5.82. The van der Waals surface area contributed by atoms with Crippen molar-refractivity contribution in [2.24, 2.45) is 5.73 Å². The zero-order valence-electron chi connectivity index (χ0n) is 16.0. The summed E-state index contributed by atoms with van der Waals surface area (Å²) in [6.07, 6.45) is 1.62. The van der Waals surface area contributed by atoms with Crippen LogP contribution in [0.4, 0.5) is 0 Å². The molecular formula is C21H23N5O3. The van der Waals surface area contributed by atoms with Crippen LogP contribution in [0.15, 0.2) is 53.1 Å². The van der Waals surface area contributed by atoms with Crippen LogP contribution in [0.5, 0.6) is 5.88 Å². The second kappa shape index (κ2) is 7.82. The normalized spacial score (nSPS) is 16.4. The highest BCUT2D eigenvalue weighted by Gasteiger charge is 2.19. The van der Waals surface area contributed by atoms with Crippen LogP contribution < -0.4 is 10.5 Å². The number of hydrogen-bond acceptors (Lipinski definition) is 7. The second-order valence-corrected chi connectivity index (χ2v) is 7.12. The minimum absolute atomic E-state index is 0.142. The Kier molecular flexibility index (Phi) is 4.89. The molecule has 1 unspecified atom stereocenters. The molecule has 0 spiro atoms. The summed E-state index contributed by atoms with van der Waals surface area (Å²) in [5.41, 5.74) is 8.29. The summed E-state index contributed by atoms with van der Waals surface area (Å²) >= 11 is 0. The third-order valence-electron chi connectivity index (χ3n) is 5.13. The molecule has 8 heteroatoms. The maximum Gasteiger partial charge on any atom is 0.232 e. The molecule has 1 fully saturated rings. The van der Waals surface area contributed by atoms with Crippen LogP contribution >= 0.6 is 0 Å². The van der Waals surface area contributed by atoms with E-state index in [4.69, 9.17) is 19.6 Å². The molecule has 0 bridgehead atoms. The van der Waals surface area contributed by atoms with Gasteiger partial charge < -0.3 is 19.6 Å². The number of imidazole rings is 1.